The standard InChI is InChI=1S/C17H19ClFNO/c1-3-8-20-11-13-10-14(19)4-7-17(13)21-15-5-6-16(18)12(2)9-15/h4-7,9-10,20H,3,8,11H2,1-2H3. The molecule has 112 valence electrons. The van der Waals surface area contributed by atoms with Crippen LogP contribution in [0.2, 0.25) is 5.02 Å². The molecule has 4 heteroatoms. The Hall–Kier alpha value is -1.58. The first kappa shape index (κ1) is 15.8. The number of hydrogen-bond acceptors (Lipinski definition) is 2. The van der Waals surface area contributed by atoms with E-state index in [0.717, 1.165) is 24.1 Å². The van der Waals surface area contributed by atoms with Crippen molar-refractivity contribution >= 4 is 11.6 Å². The highest BCUT2D eigenvalue weighted by molar-refractivity contribution is 6.31. The van der Waals surface area contributed by atoms with E-state index in [1.165, 1.54) is 12.1 Å². The molecule has 1 N–H and O–H groups in total. The van der Waals surface area contributed by atoms with Gasteiger partial charge < -0.3 is 10.1 Å². The van der Waals surface area contributed by atoms with E-state index in [-0.39, 0.29) is 5.82 Å². The fourth-order valence-electron chi connectivity index (χ4n) is 1.99. The van der Waals surface area contributed by atoms with Gasteiger partial charge in [0.15, 0.2) is 0 Å². The third-order valence-electron chi connectivity index (χ3n) is 3.12. The van der Waals surface area contributed by atoms with Crippen molar-refractivity contribution in [3.63, 3.8) is 0 Å². The molecule has 0 amide bonds. The first-order valence-corrected chi connectivity index (χ1v) is 7.41. The summed E-state index contributed by atoms with van der Waals surface area (Å²) >= 11 is 6.01. The van der Waals surface area contributed by atoms with Gasteiger partial charge in [0.25, 0.3) is 0 Å². The number of nitrogens with one attached hydrogen (secondary N) is 1. The van der Waals surface area contributed by atoms with Crippen LogP contribution in [0.3, 0.4) is 0 Å². The Bertz CT molecular complexity index is 616. The molecule has 0 aliphatic heterocycles. The summed E-state index contributed by atoms with van der Waals surface area (Å²) in [5.41, 5.74) is 1.75. The predicted molar refractivity (Wildman–Crippen MR) is 84.7 cm³/mol. The van der Waals surface area contributed by atoms with Gasteiger partial charge in [-0.15, -0.1) is 0 Å². The number of benzene rings is 2. The average Bonchev–Trinajstić information content (AvgIpc) is 2.46. The van der Waals surface area contributed by atoms with Crippen molar-refractivity contribution in [3.8, 4) is 11.5 Å². The van der Waals surface area contributed by atoms with Crippen molar-refractivity contribution in [2.24, 2.45) is 0 Å². The van der Waals surface area contributed by atoms with Crippen LogP contribution >= 0.6 is 11.6 Å². The van der Waals surface area contributed by atoms with Gasteiger partial charge in [-0.05, 0) is 61.9 Å². The van der Waals surface area contributed by atoms with Crippen molar-refractivity contribution in [1.29, 1.82) is 0 Å². The number of aryl methyl sites for hydroxylation is 1. The van der Waals surface area contributed by atoms with E-state index < -0.39 is 0 Å². The van der Waals surface area contributed by atoms with Gasteiger partial charge >= 0.3 is 0 Å². The molecule has 2 nitrogen and oxygen atoms in total. The molecule has 21 heavy (non-hydrogen) atoms. The zero-order valence-electron chi connectivity index (χ0n) is 12.2. The Morgan fingerprint density at radius 2 is 2.00 bits per heavy atom. The summed E-state index contributed by atoms with van der Waals surface area (Å²) in [5, 5.41) is 3.96. The van der Waals surface area contributed by atoms with Gasteiger partial charge in [0.1, 0.15) is 17.3 Å². The van der Waals surface area contributed by atoms with E-state index in [4.69, 9.17) is 16.3 Å². The highest BCUT2D eigenvalue weighted by atomic mass is 35.5. The molecule has 0 radical (unpaired) electrons. The summed E-state index contributed by atoms with van der Waals surface area (Å²) in [7, 11) is 0. The minimum atomic E-state index is -0.261. The Morgan fingerprint density at radius 1 is 1.19 bits per heavy atom. The Balaban J connectivity index is 2.19. The lowest BCUT2D eigenvalue weighted by molar-refractivity contribution is 0.469. The molecule has 0 aliphatic rings. The molecule has 0 spiro atoms. The van der Waals surface area contributed by atoms with E-state index in [0.29, 0.717) is 23.1 Å². The van der Waals surface area contributed by atoms with E-state index in [1.54, 1.807) is 12.1 Å². The zero-order chi connectivity index (χ0) is 15.2. The van der Waals surface area contributed by atoms with Crippen LogP contribution in [0.4, 0.5) is 4.39 Å². The van der Waals surface area contributed by atoms with Crippen LogP contribution in [-0.2, 0) is 6.54 Å². The second-order valence-corrected chi connectivity index (χ2v) is 5.35. The quantitative estimate of drug-likeness (QED) is 0.751. The molecule has 0 fully saturated rings. The van der Waals surface area contributed by atoms with E-state index in [2.05, 4.69) is 12.2 Å². The van der Waals surface area contributed by atoms with Crippen molar-refractivity contribution in [1.82, 2.24) is 5.32 Å². The maximum absolute atomic E-state index is 13.4. The van der Waals surface area contributed by atoms with Crippen LogP contribution in [0.1, 0.15) is 24.5 Å². The molecule has 2 rings (SSSR count). The second kappa shape index (κ2) is 7.43. The molecular formula is C17H19ClFNO. The minimum Gasteiger partial charge on any atom is -0.457 e. The molecule has 0 unspecified atom stereocenters. The SMILES string of the molecule is CCCNCc1cc(F)ccc1Oc1ccc(Cl)c(C)c1. The molecule has 0 aromatic heterocycles. The maximum atomic E-state index is 13.4. The highest BCUT2D eigenvalue weighted by Gasteiger charge is 2.07. The number of hydrogen-bond donors (Lipinski definition) is 1. The van der Waals surface area contributed by atoms with Gasteiger partial charge in [0.2, 0.25) is 0 Å². The van der Waals surface area contributed by atoms with Crippen LogP contribution in [0.25, 0.3) is 0 Å². The van der Waals surface area contributed by atoms with Gasteiger partial charge in [0, 0.05) is 17.1 Å². The topological polar surface area (TPSA) is 21.3 Å². The maximum Gasteiger partial charge on any atom is 0.132 e. The van der Waals surface area contributed by atoms with Gasteiger partial charge in [0.05, 0.1) is 0 Å². The van der Waals surface area contributed by atoms with Gasteiger partial charge in [-0.2, -0.15) is 0 Å². The number of halogens is 2. The van der Waals surface area contributed by atoms with Crippen LogP contribution in [0.5, 0.6) is 11.5 Å². The second-order valence-electron chi connectivity index (χ2n) is 4.94. The van der Waals surface area contributed by atoms with E-state index >= 15 is 0 Å². The molecular weight excluding hydrogens is 289 g/mol. The van der Waals surface area contributed by atoms with Crippen LogP contribution in [0.15, 0.2) is 36.4 Å². The minimum absolute atomic E-state index is 0.261. The number of rotatable bonds is 6. The van der Waals surface area contributed by atoms with Crippen molar-refractivity contribution < 1.29 is 9.13 Å². The monoisotopic (exact) mass is 307 g/mol. The third kappa shape index (κ3) is 4.45. The fourth-order valence-corrected chi connectivity index (χ4v) is 2.11. The summed E-state index contributed by atoms with van der Waals surface area (Å²) < 4.78 is 19.3. The van der Waals surface area contributed by atoms with Crippen molar-refractivity contribution in [3.05, 3.63) is 58.4 Å². The van der Waals surface area contributed by atoms with Crippen LogP contribution in [0, 0.1) is 12.7 Å². The molecule has 2 aromatic rings. The van der Waals surface area contributed by atoms with E-state index in [1.807, 2.05) is 19.1 Å². The van der Waals surface area contributed by atoms with Crippen LogP contribution < -0.4 is 10.1 Å². The molecule has 0 atom stereocenters. The largest absolute Gasteiger partial charge is 0.457 e. The zero-order valence-corrected chi connectivity index (χ0v) is 13.0. The Morgan fingerprint density at radius 3 is 2.71 bits per heavy atom. The van der Waals surface area contributed by atoms with Gasteiger partial charge in [-0.1, -0.05) is 18.5 Å². The first-order valence-electron chi connectivity index (χ1n) is 7.03. The summed E-state index contributed by atoms with van der Waals surface area (Å²) in [5.74, 6) is 1.09. The summed E-state index contributed by atoms with van der Waals surface area (Å²) in [6, 6.07) is 10.0. The third-order valence-corrected chi connectivity index (χ3v) is 3.55. The molecule has 0 aliphatic carbocycles. The predicted octanol–water partition coefficient (Wildman–Crippen LogP) is 5.08. The Labute approximate surface area is 129 Å². The summed E-state index contributed by atoms with van der Waals surface area (Å²) in [6.07, 6.45) is 1.03. The van der Waals surface area contributed by atoms with Crippen molar-refractivity contribution in [2.45, 2.75) is 26.8 Å². The smallest absolute Gasteiger partial charge is 0.132 e. The van der Waals surface area contributed by atoms with Crippen LogP contribution in [-0.4, -0.2) is 6.54 Å². The lowest BCUT2D eigenvalue weighted by Crippen LogP contribution is -2.14. The first-order chi connectivity index (χ1) is 10.1. The summed E-state index contributed by atoms with van der Waals surface area (Å²) in [6.45, 7) is 5.47. The molecule has 0 heterocycles. The summed E-state index contributed by atoms with van der Waals surface area (Å²) in [4.78, 5) is 0. The molecule has 0 bridgehead atoms. The average molecular weight is 308 g/mol. The molecule has 0 saturated carbocycles. The normalized spacial score (nSPS) is 10.7. The van der Waals surface area contributed by atoms with Gasteiger partial charge in [-0.25, -0.2) is 4.39 Å². The highest BCUT2D eigenvalue weighted by Crippen LogP contribution is 2.28. The lowest BCUT2D eigenvalue weighted by atomic mass is 10.2. The van der Waals surface area contributed by atoms with Crippen molar-refractivity contribution in [2.75, 3.05) is 6.54 Å². The Kier molecular flexibility index (Phi) is 5.59. The number of ether oxygens (including phenoxy) is 1. The lowest BCUT2D eigenvalue weighted by Gasteiger charge is -2.13. The molecule has 2 aromatic carbocycles. The van der Waals surface area contributed by atoms with Gasteiger partial charge in [-0.3, -0.25) is 0 Å². The van der Waals surface area contributed by atoms with E-state index in [9.17, 15) is 4.39 Å². The fraction of sp³-hybridized carbons (Fsp3) is 0.294. The molecule has 0 saturated heterocycles.